The molecular weight excluding hydrogens is 359 g/mol. The van der Waals surface area contributed by atoms with Gasteiger partial charge in [0.1, 0.15) is 5.75 Å². The Morgan fingerprint density at radius 1 is 1.16 bits per heavy atom. The predicted octanol–water partition coefficient (Wildman–Crippen LogP) is 4.55. The minimum Gasteiger partial charge on any atom is -0.489 e. The summed E-state index contributed by atoms with van der Waals surface area (Å²) < 4.78 is 5.72. The normalized spacial score (nSPS) is 10.6. The van der Waals surface area contributed by atoms with Gasteiger partial charge < -0.3 is 15.4 Å². The summed E-state index contributed by atoms with van der Waals surface area (Å²) in [7, 11) is 0. The molecule has 2 rings (SSSR count). The number of rotatable bonds is 8. The summed E-state index contributed by atoms with van der Waals surface area (Å²) in [4.78, 5) is 12.0. The number of ether oxygens (including phenoxy) is 1. The van der Waals surface area contributed by atoms with E-state index in [2.05, 4.69) is 10.6 Å². The van der Waals surface area contributed by atoms with Crippen LogP contribution in [0.15, 0.2) is 42.5 Å². The average Bonchev–Trinajstić information content (AvgIpc) is 2.55. The summed E-state index contributed by atoms with van der Waals surface area (Å²) in [6.45, 7) is 4.61. The minimum absolute atomic E-state index is 0.0703. The van der Waals surface area contributed by atoms with Crippen LogP contribution in [0.1, 0.15) is 19.4 Å². The first-order chi connectivity index (χ1) is 12.0. The van der Waals surface area contributed by atoms with Crippen LogP contribution in [-0.4, -0.2) is 25.1 Å². The Balaban J connectivity index is 1.79. The van der Waals surface area contributed by atoms with Crippen molar-refractivity contribution in [2.24, 2.45) is 0 Å². The lowest BCUT2D eigenvalue weighted by atomic mass is 10.1. The first kappa shape index (κ1) is 19.4. The van der Waals surface area contributed by atoms with E-state index in [0.29, 0.717) is 23.0 Å². The highest BCUT2D eigenvalue weighted by molar-refractivity contribution is 6.35. The van der Waals surface area contributed by atoms with Gasteiger partial charge in [0.25, 0.3) is 0 Å². The number of anilines is 1. The maximum atomic E-state index is 12.0. The Labute approximate surface area is 158 Å². The lowest BCUT2D eigenvalue weighted by Gasteiger charge is -2.15. The molecule has 0 atom stereocenters. The van der Waals surface area contributed by atoms with Gasteiger partial charge in [-0.2, -0.15) is 0 Å². The molecule has 2 N–H and O–H groups in total. The Morgan fingerprint density at radius 2 is 1.92 bits per heavy atom. The Bertz CT molecular complexity index is 720. The molecule has 134 valence electrons. The van der Waals surface area contributed by atoms with Gasteiger partial charge in [-0.1, -0.05) is 41.4 Å². The van der Waals surface area contributed by atoms with Crippen molar-refractivity contribution in [3.8, 4) is 5.75 Å². The number of carbonyl (C=O) groups excluding carboxylic acids is 1. The van der Waals surface area contributed by atoms with Crippen molar-refractivity contribution < 1.29 is 9.53 Å². The van der Waals surface area contributed by atoms with Crippen LogP contribution in [-0.2, 0) is 11.2 Å². The van der Waals surface area contributed by atoms with Gasteiger partial charge in [0.15, 0.2) is 0 Å². The molecule has 0 unspecified atom stereocenters. The summed E-state index contributed by atoms with van der Waals surface area (Å²) in [6.07, 6.45) is 0.718. The quantitative estimate of drug-likeness (QED) is 0.705. The molecule has 6 heteroatoms. The second-order valence-corrected chi connectivity index (χ2v) is 6.70. The number of para-hydroxylation sites is 2. The second kappa shape index (κ2) is 9.54. The molecule has 0 heterocycles. The average molecular weight is 381 g/mol. The van der Waals surface area contributed by atoms with Gasteiger partial charge in [0.05, 0.1) is 18.3 Å². The first-order valence-electron chi connectivity index (χ1n) is 8.16. The topological polar surface area (TPSA) is 50.4 Å². The molecule has 0 aliphatic rings. The summed E-state index contributed by atoms with van der Waals surface area (Å²) in [5, 5.41) is 7.19. The molecule has 0 aliphatic heterocycles. The zero-order valence-electron chi connectivity index (χ0n) is 14.3. The third-order valence-corrected chi connectivity index (χ3v) is 4.01. The molecule has 0 spiro atoms. The fourth-order valence-electron chi connectivity index (χ4n) is 2.27. The maximum absolute atomic E-state index is 12.0. The van der Waals surface area contributed by atoms with Crippen LogP contribution in [0.2, 0.25) is 10.0 Å². The van der Waals surface area contributed by atoms with Crippen LogP contribution in [0.25, 0.3) is 0 Å². The van der Waals surface area contributed by atoms with Crippen LogP contribution < -0.4 is 15.4 Å². The lowest BCUT2D eigenvalue weighted by Crippen LogP contribution is -2.31. The summed E-state index contributed by atoms with van der Waals surface area (Å²) >= 11 is 12.0. The molecule has 1 amide bonds. The fraction of sp³-hybridized carbons (Fsp3) is 0.316. The van der Waals surface area contributed by atoms with Gasteiger partial charge in [0.2, 0.25) is 5.91 Å². The second-order valence-electron chi connectivity index (χ2n) is 5.85. The first-order valence-corrected chi connectivity index (χ1v) is 8.91. The van der Waals surface area contributed by atoms with Crippen LogP contribution in [0.3, 0.4) is 0 Å². The van der Waals surface area contributed by atoms with E-state index in [1.54, 1.807) is 12.1 Å². The Morgan fingerprint density at radius 3 is 2.64 bits per heavy atom. The van der Waals surface area contributed by atoms with Crippen molar-refractivity contribution in [1.29, 1.82) is 0 Å². The molecular formula is C19H22Cl2N2O2. The van der Waals surface area contributed by atoms with Crippen molar-refractivity contribution in [2.75, 3.05) is 18.4 Å². The zero-order valence-corrected chi connectivity index (χ0v) is 15.8. The van der Waals surface area contributed by atoms with Crippen molar-refractivity contribution in [3.05, 3.63) is 58.1 Å². The van der Waals surface area contributed by atoms with E-state index in [1.165, 1.54) is 0 Å². The van der Waals surface area contributed by atoms with Crippen LogP contribution in [0.4, 0.5) is 5.69 Å². The lowest BCUT2D eigenvalue weighted by molar-refractivity contribution is -0.119. The standard InChI is InChI=1S/C19H22Cl2N2O2/c1-13(2)25-18-6-4-3-5-17(18)23-12-19(24)22-10-9-14-7-8-15(20)11-16(14)21/h3-8,11,13,23H,9-10,12H2,1-2H3,(H,22,24). The van der Waals surface area contributed by atoms with Gasteiger partial charge in [-0.3, -0.25) is 4.79 Å². The van der Waals surface area contributed by atoms with Crippen molar-refractivity contribution in [1.82, 2.24) is 5.32 Å². The largest absolute Gasteiger partial charge is 0.489 e. The van der Waals surface area contributed by atoms with Crippen LogP contribution in [0.5, 0.6) is 5.75 Å². The number of carbonyl (C=O) groups is 1. The van der Waals surface area contributed by atoms with E-state index in [0.717, 1.165) is 17.0 Å². The number of halogens is 2. The highest BCUT2D eigenvalue weighted by Crippen LogP contribution is 2.24. The molecule has 0 aromatic heterocycles. The molecule has 0 radical (unpaired) electrons. The smallest absolute Gasteiger partial charge is 0.239 e. The highest BCUT2D eigenvalue weighted by Gasteiger charge is 2.07. The number of nitrogens with one attached hydrogen (secondary N) is 2. The molecule has 0 saturated heterocycles. The van der Waals surface area contributed by atoms with E-state index >= 15 is 0 Å². The van der Waals surface area contributed by atoms with Gasteiger partial charge in [-0.25, -0.2) is 0 Å². The highest BCUT2D eigenvalue weighted by atomic mass is 35.5. The maximum Gasteiger partial charge on any atom is 0.239 e. The van der Waals surface area contributed by atoms with E-state index in [9.17, 15) is 4.79 Å². The van der Waals surface area contributed by atoms with Gasteiger partial charge in [-0.15, -0.1) is 0 Å². The molecule has 0 aliphatic carbocycles. The summed E-state index contributed by atoms with van der Waals surface area (Å²) in [6, 6.07) is 12.9. The Kier molecular flexibility index (Phi) is 7.41. The van der Waals surface area contributed by atoms with E-state index in [-0.39, 0.29) is 18.6 Å². The SMILES string of the molecule is CC(C)Oc1ccccc1NCC(=O)NCCc1ccc(Cl)cc1Cl. The summed E-state index contributed by atoms with van der Waals surface area (Å²) in [5.41, 5.74) is 1.75. The van der Waals surface area contributed by atoms with Crippen molar-refractivity contribution >= 4 is 34.8 Å². The zero-order chi connectivity index (χ0) is 18.2. The molecule has 0 fully saturated rings. The number of hydrogen-bond acceptors (Lipinski definition) is 3. The number of hydrogen-bond donors (Lipinski definition) is 2. The van der Waals surface area contributed by atoms with Gasteiger partial charge in [-0.05, 0) is 50.1 Å². The number of benzene rings is 2. The molecule has 2 aromatic carbocycles. The molecule has 4 nitrogen and oxygen atoms in total. The van der Waals surface area contributed by atoms with E-state index in [4.69, 9.17) is 27.9 Å². The minimum atomic E-state index is -0.0931. The molecule has 0 bridgehead atoms. The molecule has 25 heavy (non-hydrogen) atoms. The van der Waals surface area contributed by atoms with Gasteiger partial charge in [0, 0.05) is 16.6 Å². The molecule has 2 aromatic rings. The number of amides is 1. The molecule has 0 saturated carbocycles. The van der Waals surface area contributed by atoms with E-state index < -0.39 is 0 Å². The monoisotopic (exact) mass is 380 g/mol. The fourth-order valence-corrected chi connectivity index (χ4v) is 2.77. The van der Waals surface area contributed by atoms with Crippen LogP contribution in [0, 0.1) is 0 Å². The Hall–Kier alpha value is -1.91. The van der Waals surface area contributed by atoms with Crippen molar-refractivity contribution in [2.45, 2.75) is 26.4 Å². The third-order valence-electron chi connectivity index (χ3n) is 3.42. The van der Waals surface area contributed by atoms with E-state index in [1.807, 2.05) is 44.2 Å². The third kappa shape index (κ3) is 6.48. The summed E-state index contributed by atoms with van der Waals surface area (Å²) in [5.74, 6) is 0.641. The van der Waals surface area contributed by atoms with Crippen LogP contribution >= 0.6 is 23.2 Å². The van der Waals surface area contributed by atoms with Gasteiger partial charge >= 0.3 is 0 Å². The predicted molar refractivity (Wildman–Crippen MR) is 104 cm³/mol. The van der Waals surface area contributed by atoms with Crippen molar-refractivity contribution in [3.63, 3.8) is 0 Å².